The Hall–Kier alpha value is -2.17. The fourth-order valence-electron chi connectivity index (χ4n) is 4.56. The minimum absolute atomic E-state index is 0.0511. The molecule has 0 bridgehead atoms. The first kappa shape index (κ1) is 16.0. The third kappa shape index (κ3) is 2.48. The molecular formula is C22H25N3O. The van der Waals surface area contributed by atoms with Crippen LogP contribution in [-0.4, -0.2) is 28.0 Å². The van der Waals surface area contributed by atoms with Crippen molar-refractivity contribution in [3.63, 3.8) is 0 Å². The fourth-order valence-corrected chi connectivity index (χ4v) is 4.56. The maximum Gasteiger partial charge on any atom is 0.102 e. The van der Waals surface area contributed by atoms with E-state index >= 15 is 0 Å². The zero-order valence-corrected chi connectivity index (χ0v) is 15.7. The molecule has 0 saturated carbocycles. The Morgan fingerprint density at radius 2 is 2.08 bits per heavy atom. The summed E-state index contributed by atoms with van der Waals surface area (Å²) < 4.78 is 8.90. The molecule has 5 rings (SSSR count). The zero-order valence-electron chi connectivity index (χ0n) is 15.7. The van der Waals surface area contributed by atoms with E-state index in [1.807, 2.05) is 13.1 Å². The molecule has 3 aromatic rings. The second kappa shape index (κ2) is 5.93. The van der Waals surface area contributed by atoms with Crippen LogP contribution < -0.4 is 0 Å². The monoisotopic (exact) mass is 347 g/mol. The first-order valence-electron chi connectivity index (χ1n) is 9.46. The number of nitrogens with zero attached hydrogens (tertiary/aromatic N) is 3. The molecule has 1 atom stereocenters. The van der Waals surface area contributed by atoms with Crippen molar-refractivity contribution in [1.82, 2.24) is 14.5 Å². The lowest BCUT2D eigenvalue weighted by Gasteiger charge is -2.25. The summed E-state index contributed by atoms with van der Waals surface area (Å²) in [6, 6.07) is 8.90. The van der Waals surface area contributed by atoms with Crippen molar-refractivity contribution in [3.8, 4) is 0 Å². The molecule has 0 amide bonds. The Morgan fingerprint density at radius 1 is 1.19 bits per heavy atom. The van der Waals surface area contributed by atoms with Gasteiger partial charge in [-0.15, -0.1) is 0 Å². The van der Waals surface area contributed by atoms with Crippen LogP contribution in [0.2, 0.25) is 0 Å². The van der Waals surface area contributed by atoms with Crippen LogP contribution in [0.1, 0.15) is 39.7 Å². The van der Waals surface area contributed by atoms with E-state index < -0.39 is 0 Å². The molecule has 0 radical (unpaired) electrons. The fraction of sp³-hybridized carbons (Fsp3) is 0.409. The van der Waals surface area contributed by atoms with Gasteiger partial charge in [0.1, 0.15) is 6.10 Å². The Bertz CT molecular complexity index is 987. The topological polar surface area (TPSA) is 30.3 Å². The number of fused-ring (bicyclic) bond motifs is 3. The summed E-state index contributed by atoms with van der Waals surface area (Å²) in [5.41, 5.74) is 9.26. The molecule has 4 heteroatoms. The smallest absolute Gasteiger partial charge is 0.102 e. The van der Waals surface area contributed by atoms with Crippen molar-refractivity contribution in [2.24, 2.45) is 0 Å². The van der Waals surface area contributed by atoms with Crippen LogP contribution in [0.5, 0.6) is 0 Å². The number of ether oxygens (including phenoxy) is 1. The van der Waals surface area contributed by atoms with E-state index in [4.69, 9.17) is 4.74 Å². The first-order valence-corrected chi connectivity index (χ1v) is 9.46. The quantitative estimate of drug-likeness (QED) is 0.668. The van der Waals surface area contributed by atoms with E-state index in [0.29, 0.717) is 6.61 Å². The lowest BCUT2D eigenvalue weighted by atomic mass is 10.0. The van der Waals surface area contributed by atoms with Crippen molar-refractivity contribution in [3.05, 3.63) is 64.1 Å². The predicted octanol–water partition coefficient (Wildman–Crippen LogP) is 3.91. The molecule has 2 aliphatic heterocycles. The molecule has 134 valence electrons. The second-order valence-corrected chi connectivity index (χ2v) is 7.88. The standard InChI is InChI=1S/C22H25N3O/c1-14-8-17-13-26-21(16-5-4-15(2)23-10-16)12-25-20-6-7-24(3)11-19(20)18(9-14)22(17)25/h4-5,8-10,21H,6-7,11-13H2,1-3H3. The van der Waals surface area contributed by atoms with E-state index in [1.54, 1.807) is 0 Å². The van der Waals surface area contributed by atoms with Gasteiger partial charge in [-0.25, -0.2) is 0 Å². The average Bonchev–Trinajstić information content (AvgIpc) is 2.79. The van der Waals surface area contributed by atoms with Gasteiger partial charge in [-0.05, 0) is 38.6 Å². The van der Waals surface area contributed by atoms with E-state index in [0.717, 1.165) is 31.7 Å². The Labute approximate surface area is 154 Å². The lowest BCUT2D eigenvalue weighted by Crippen LogP contribution is -2.27. The van der Waals surface area contributed by atoms with Crippen molar-refractivity contribution < 1.29 is 4.74 Å². The minimum Gasteiger partial charge on any atom is -0.367 e. The van der Waals surface area contributed by atoms with Gasteiger partial charge in [-0.2, -0.15) is 0 Å². The number of hydrogen-bond acceptors (Lipinski definition) is 3. The molecule has 4 heterocycles. The summed E-state index contributed by atoms with van der Waals surface area (Å²) in [5.74, 6) is 0. The van der Waals surface area contributed by atoms with Crippen LogP contribution in [0, 0.1) is 13.8 Å². The molecule has 4 nitrogen and oxygen atoms in total. The third-order valence-corrected chi connectivity index (χ3v) is 5.86. The number of likely N-dealkylation sites (N-methyl/N-ethyl adjacent to an activating group) is 1. The van der Waals surface area contributed by atoms with Gasteiger partial charge in [-0.1, -0.05) is 17.7 Å². The van der Waals surface area contributed by atoms with Crippen LogP contribution >= 0.6 is 0 Å². The molecule has 0 aliphatic carbocycles. The largest absolute Gasteiger partial charge is 0.367 e. The first-order chi connectivity index (χ1) is 12.6. The number of aryl methyl sites for hydroxylation is 2. The Kier molecular flexibility index (Phi) is 3.66. The predicted molar refractivity (Wildman–Crippen MR) is 103 cm³/mol. The zero-order chi connectivity index (χ0) is 17.8. The molecule has 0 N–H and O–H groups in total. The summed E-state index contributed by atoms with van der Waals surface area (Å²) in [6.07, 6.45) is 3.13. The summed E-state index contributed by atoms with van der Waals surface area (Å²) in [7, 11) is 2.22. The van der Waals surface area contributed by atoms with Crippen LogP contribution in [-0.2, 0) is 30.9 Å². The summed E-state index contributed by atoms with van der Waals surface area (Å²) in [6.45, 7) is 7.91. The van der Waals surface area contributed by atoms with E-state index in [2.05, 4.69) is 52.7 Å². The van der Waals surface area contributed by atoms with Gasteiger partial charge in [0.05, 0.1) is 18.7 Å². The van der Waals surface area contributed by atoms with Gasteiger partial charge < -0.3 is 14.2 Å². The van der Waals surface area contributed by atoms with Crippen molar-refractivity contribution in [2.45, 2.75) is 46.1 Å². The highest BCUT2D eigenvalue weighted by Gasteiger charge is 2.28. The second-order valence-electron chi connectivity index (χ2n) is 7.88. The van der Waals surface area contributed by atoms with E-state index in [1.165, 1.54) is 38.9 Å². The number of hydrogen-bond donors (Lipinski definition) is 0. The van der Waals surface area contributed by atoms with Gasteiger partial charge in [0.25, 0.3) is 0 Å². The van der Waals surface area contributed by atoms with Crippen LogP contribution in [0.3, 0.4) is 0 Å². The third-order valence-electron chi connectivity index (χ3n) is 5.86. The maximum atomic E-state index is 6.36. The molecular weight excluding hydrogens is 322 g/mol. The van der Waals surface area contributed by atoms with Crippen LogP contribution in [0.4, 0.5) is 0 Å². The molecule has 2 aromatic heterocycles. The SMILES string of the molecule is Cc1cc2c3c(c1)c1c(n3CC(c3ccc(C)nc3)OC2)CCN(C)C1. The van der Waals surface area contributed by atoms with Crippen LogP contribution in [0.25, 0.3) is 10.9 Å². The molecule has 0 spiro atoms. The highest BCUT2D eigenvalue weighted by molar-refractivity contribution is 5.89. The molecule has 26 heavy (non-hydrogen) atoms. The van der Waals surface area contributed by atoms with Crippen molar-refractivity contribution in [1.29, 1.82) is 0 Å². The van der Waals surface area contributed by atoms with Gasteiger partial charge in [0.2, 0.25) is 0 Å². The number of benzene rings is 1. The molecule has 1 aromatic carbocycles. The molecule has 0 saturated heterocycles. The Morgan fingerprint density at radius 3 is 2.88 bits per heavy atom. The lowest BCUT2D eigenvalue weighted by molar-refractivity contribution is 0.0331. The number of pyridine rings is 1. The van der Waals surface area contributed by atoms with E-state index in [9.17, 15) is 0 Å². The summed E-state index contributed by atoms with van der Waals surface area (Å²) >= 11 is 0. The molecule has 0 fully saturated rings. The minimum atomic E-state index is 0.0511. The summed E-state index contributed by atoms with van der Waals surface area (Å²) in [4.78, 5) is 6.91. The van der Waals surface area contributed by atoms with Crippen molar-refractivity contribution >= 4 is 10.9 Å². The number of rotatable bonds is 1. The van der Waals surface area contributed by atoms with Gasteiger partial charge in [-0.3, -0.25) is 4.98 Å². The highest BCUT2D eigenvalue weighted by atomic mass is 16.5. The van der Waals surface area contributed by atoms with Gasteiger partial charge in [0, 0.05) is 53.6 Å². The van der Waals surface area contributed by atoms with Gasteiger partial charge >= 0.3 is 0 Å². The van der Waals surface area contributed by atoms with Crippen molar-refractivity contribution in [2.75, 3.05) is 13.6 Å². The average molecular weight is 347 g/mol. The highest BCUT2D eigenvalue weighted by Crippen LogP contribution is 2.38. The van der Waals surface area contributed by atoms with Gasteiger partial charge in [0.15, 0.2) is 0 Å². The van der Waals surface area contributed by atoms with Crippen LogP contribution in [0.15, 0.2) is 30.5 Å². The normalized spacial score (nSPS) is 20.2. The maximum absolute atomic E-state index is 6.36. The molecule has 2 aliphatic rings. The number of aromatic nitrogens is 2. The van der Waals surface area contributed by atoms with E-state index in [-0.39, 0.29) is 6.10 Å². The Balaban J connectivity index is 1.68. The summed E-state index contributed by atoms with van der Waals surface area (Å²) in [5, 5.41) is 1.42. The molecule has 1 unspecified atom stereocenters.